The van der Waals surface area contributed by atoms with Crippen molar-refractivity contribution in [2.75, 3.05) is 13.2 Å². The quantitative estimate of drug-likeness (QED) is 0.206. The Bertz CT molecular complexity index is 652. The first-order valence-corrected chi connectivity index (χ1v) is 8.96. The van der Waals surface area contributed by atoms with Crippen LogP contribution in [0.1, 0.15) is 24.8 Å². The summed E-state index contributed by atoms with van der Waals surface area (Å²) in [6.45, 7) is -0.308. The molecule has 156 valence electrons. The highest BCUT2D eigenvalue weighted by molar-refractivity contribution is 5.92. The Hall–Kier alpha value is -2.69. The van der Waals surface area contributed by atoms with Crippen LogP contribution in [0.4, 0.5) is 0 Å². The van der Waals surface area contributed by atoms with E-state index in [-0.39, 0.29) is 12.2 Å². The third kappa shape index (κ3) is 7.91. The number of phenolic OH excluding ortho intramolecular Hbond substituents is 1. The number of carboxylic acid groups (broad SMARTS) is 1. The Morgan fingerprint density at radius 2 is 1.61 bits per heavy atom. The molecule has 3 unspecified atom stereocenters. The van der Waals surface area contributed by atoms with Crippen molar-refractivity contribution in [3.63, 3.8) is 0 Å². The molecule has 10 heteroatoms. The van der Waals surface area contributed by atoms with Gasteiger partial charge in [0, 0.05) is 6.42 Å². The monoisotopic (exact) mass is 396 g/mol. The zero-order chi connectivity index (χ0) is 21.1. The summed E-state index contributed by atoms with van der Waals surface area (Å²) in [6, 6.07) is 2.57. The average molecular weight is 396 g/mol. The van der Waals surface area contributed by atoms with Gasteiger partial charge in [0.15, 0.2) is 0 Å². The summed E-state index contributed by atoms with van der Waals surface area (Å²) in [5.41, 5.74) is 11.9. The second kappa shape index (κ2) is 11.9. The first-order valence-electron chi connectivity index (χ1n) is 8.96. The van der Waals surface area contributed by atoms with Crippen LogP contribution in [0.25, 0.3) is 0 Å². The van der Waals surface area contributed by atoms with Gasteiger partial charge in [0.05, 0.1) is 12.6 Å². The number of amides is 2. The number of nitrogens with two attached hydrogens (primary N) is 2. The van der Waals surface area contributed by atoms with Crippen LogP contribution in [0.2, 0.25) is 0 Å². The van der Waals surface area contributed by atoms with E-state index in [0.29, 0.717) is 24.9 Å². The number of nitrogens with one attached hydrogen (secondary N) is 2. The smallest absolute Gasteiger partial charge is 0.328 e. The predicted octanol–water partition coefficient (Wildman–Crippen LogP) is -1.56. The predicted molar refractivity (Wildman–Crippen MR) is 101 cm³/mol. The Balaban J connectivity index is 2.87. The highest BCUT2D eigenvalue weighted by atomic mass is 16.4. The van der Waals surface area contributed by atoms with E-state index < -0.39 is 42.5 Å². The van der Waals surface area contributed by atoms with E-state index in [1.54, 1.807) is 12.1 Å². The number of aliphatic hydroxyl groups is 1. The summed E-state index contributed by atoms with van der Waals surface area (Å²) in [5.74, 6) is -2.67. The number of benzene rings is 1. The maximum atomic E-state index is 12.5. The zero-order valence-electron chi connectivity index (χ0n) is 15.5. The molecular formula is C18H28N4O6. The first kappa shape index (κ1) is 23.3. The Kier molecular flexibility index (Phi) is 9.93. The van der Waals surface area contributed by atoms with Crippen LogP contribution in [0.3, 0.4) is 0 Å². The molecule has 9 N–H and O–H groups in total. The van der Waals surface area contributed by atoms with Crippen LogP contribution in [0, 0.1) is 0 Å². The summed E-state index contributed by atoms with van der Waals surface area (Å²) in [7, 11) is 0. The molecule has 28 heavy (non-hydrogen) atoms. The van der Waals surface area contributed by atoms with E-state index in [9.17, 15) is 19.5 Å². The van der Waals surface area contributed by atoms with Crippen molar-refractivity contribution in [2.24, 2.45) is 11.5 Å². The van der Waals surface area contributed by atoms with Crippen LogP contribution < -0.4 is 22.1 Å². The third-order valence-electron chi connectivity index (χ3n) is 4.11. The van der Waals surface area contributed by atoms with Gasteiger partial charge in [-0.1, -0.05) is 18.6 Å². The van der Waals surface area contributed by atoms with Gasteiger partial charge in [-0.15, -0.1) is 0 Å². The van der Waals surface area contributed by atoms with Crippen molar-refractivity contribution in [2.45, 2.75) is 43.8 Å². The highest BCUT2D eigenvalue weighted by Crippen LogP contribution is 2.12. The number of hydrogen-bond acceptors (Lipinski definition) is 7. The lowest BCUT2D eigenvalue weighted by Gasteiger charge is -2.22. The van der Waals surface area contributed by atoms with Crippen LogP contribution in [0.5, 0.6) is 5.75 Å². The fraction of sp³-hybridized carbons (Fsp3) is 0.500. The minimum Gasteiger partial charge on any atom is -0.508 e. The zero-order valence-corrected chi connectivity index (χ0v) is 15.5. The van der Waals surface area contributed by atoms with Crippen molar-refractivity contribution >= 4 is 17.8 Å². The molecule has 1 rings (SSSR count). The number of rotatable bonds is 12. The fourth-order valence-electron chi connectivity index (χ4n) is 2.45. The van der Waals surface area contributed by atoms with Crippen molar-refractivity contribution in [3.05, 3.63) is 29.8 Å². The Morgan fingerprint density at radius 1 is 1.00 bits per heavy atom. The van der Waals surface area contributed by atoms with Crippen molar-refractivity contribution in [1.29, 1.82) is 0 Å². The molecule has 1 aromatic carbocycles. The molecule has 0 bridgehead atoms. The van der Waals surface area contributed by atoms with E-state index in [4.69, 9.17) is 21.7 Å². The van der Waals surface area contributed by atoms with Crippen molar-refractivity contribution in [1.82, 2.24) is 10.6 Å². The van der Waals surface area contributed by atoms with Gasteiger partial charge in [-0.3, -0.25) is 9.59 Å². The van der Waals surface area contributed by atoms with Crippen LogP contribution in [-0.2, 0) is 20.8 Å². The van der Waals surface area contributed by atoms with Crippen molar-refractivity contribution in [3.8, 4) is 5.75 Å². The molecule has 0 saturated heterocycles. The molecule has 0 aliphatic heterocycles. The van der Waals surface area contributed by atoms with E-state index in [1.165, 1.54) is 12.1 Å². The molecule has 0 heterocycles. The Morgan fingerprint density at radius 3 is 2.14 bits per heavy atom. The highest BCUT2D eigenvalue weighted by Gasteiger charge is 2.27. The number of carbonyl (C=O) groups is 3. The molecule has 3 atom stereocenters. The van der Waals surface area contributed by atoms with Gasteiger partial charge in [-0.05, 0) is 37.1 Å². The minimum absolute atomic E-state index is 0.0435. The maximum Gasteiger partial charge on any atom is 0.328 e. The number of aliphatic carboxylic acids is 1. The molecule has 0 aliphatic carbocycles. The molecule has 10 nitrogen and oxygen atoms in total. The summed E-state index contributed by atoms with van der Waals surface area (Å²) >= 11 is 0. The molecule has 0 aromatic heterocycles. The Labute approximate surface area is 162 Å². The third-order valence-corrected chi connectivity index (χ3v) is 4.11. The normalized spacial score (nSPS) is 14.0. The van der Waals surface area contributed by atoms with E-state index >= 15 is 0 Å². The number of phenols is 1. The molecule has 0 saturated carbocycles. The first-order chi connectivity index (χ1) is 13.3. The minimum atomic E-state index is -1.50. The summed E-state index contributed by atoms with van der Waals surface area (Å²) in [4.78, 5) is 35.9. The van der Waals surface area contributed by atoms with Crippen LogP contribution in [-0.4, -0.2) is 64.4 Å². The second-order valence-corrected chi connectivity index (χ2v) is 6.40. The van der Waals surface area contributed by atoms with Gasteiger partial charge in [-0.25, -0.2) is 4.79 Å². The lowest BCUT2D eigenvalue weighted by molar-refractivity contribution is -0.143. The van der Waals surface area contributed by atoms with Gasteiger partial charge < -0.3 is 37.4 Å². The number of aliphatic hydroxyl groups excluding tert-OH is 1. The molecule has 0 spiro atoms. The number of unbranched alkanes of at least 4 members (excludes halogenated alkanes) is 1. The van der Waals surface area contributed by atoms with Crippen LogP contribution in [0.15, 0.2) is 24.3 Å². The number of hydrogen-bond donors (Lipinski definition) is 7. The topological polar surface area (TPSA) is 188 Å². The molecule has 0 fully saturated rings. The fourth-order valence-corrected chi connectivity index (χ4v) is 2.45. The lowest BCUT2D eigenvalue weighted by Crippen LogP contribution is -2.55. The molecule has 0 aliphatic rings. The number of carbonyl (C=O) groups excluding carboxylic acids is 2. The van der Waals surface area contributed by atoms with Gasteiger partial charge in [-0.2, -0.15) is 0 Å². The number of carboxylic acids is 1. The average Bonchev–Trinajstić information content (AvgIpc) is 2.66. The molecule has 0 radical (unpaired) electrons. The largest absolute Gasteiger partial charge is 0.508 e. The molecular weight excluding hydrogens is 368 g/mol. The van der Waals surface area contributed by atoms with E-state index in [0.717, 1.165) is 6.42 Å². The maximum absolute atomic E-state index is 12.5. The SMILES string of the molecule is NCCCCC(N)C(=O)NC(Cc1ccc(O)cc1)C(=O)NC(CO)C(=O)O. The summed E-state index contributed by atoms with van der Waals surface area (Å²) in [6.07, 6.45) is 1.82. The second-order valence-electron chi connectivity index (χ2n) is 6.40. The molecule has 2 amide bonds. The molecule has 1 aromatic rings. The lowest BCUT2D eigenvalue weighted by atomic mass is 10.0. The van der Waals surface area contributed by atoms with Gasteiger partial charge in [0.1, 0.15) is 17.8 Å². The number of aromatic hydroxyl groups is 1. The van der Waals surface area contributed by atoms with Crippen molar-refractivity contribution < 1.29 is 29.7 Å². The standard InChI is InChI=1S/C18H28N4O6/c19-8-2-1-3-13(20)16(25)21-14(9-11-4-6-12(24)7-5-11)17(26)22-15(10-23)18(27)28/h4-7,13-15,23-24H,1-3,8-10,19-20H2,(H,21,25)(H,22,26)(H,27,28). The van der Waals surface area contributed by atoms with Gasteiger partial charge in [0.25, 0.3) is 0 Å². The van der Waals surface area contributed by atoms with Gasteiger partial charge >= 0.3 is 5.97 Å². The van der Waals surface area contributed by atoms with E-state index in [2.05, 4.69) is 10.6 Å². The summed E-state index contributed by atoms with van der Waals surface area (Å²) < 4.78 is 0. The van der Waals surface area contributed by atoms with Crippen LogP contribution >= 0.6 is 0 Å². The summed E-state index contributed by atoms with van der Waals surface area (Å²) in [5, 5.41) is 32.2. The van der Waals surface area contributed by atoms with E-state index in [1.807, 2.05) is 0 Å². The van der Waals surface area contributed by atoms with Gasteiger partial charge in [0.2, 0.25) is 11.8 Å².